The number of carbonyl (C=O) groups is 2. The zero-order valence-corrected chi connectivity index (χ0v) is 32.9. The predicted octanol–water partition coefficient (Wildman–Crippen LogP) is 5.05. The molecule has 2 atom stereocenters. The van der Waals surface area contributed by atoms with Gasteiger partial charge in [-0.25, -0.2) is 0 Å². The summed E-state index contributed by atoms with van der Waals surface area (Å²) in [6.07, 6.45) is 2.98. The number of halogens is 1. The highest BCUT2D eigenvalue weighted by molar-refractivity contribution is 6.32. The highest BCUT2D eigenvalue weighted by atomic mass is 35.5. The fourth-order valence-corrected chi connectivity index (χ4v) is 6.57. The van der Waals surface area contributed by atoms with Gasteiger partial charge in [0.1, 0.15) is 36.5 Å². The Balaban J connectivity index is 1.28. The summed E-state index contributed by atoms with van der Waals surface area (Å²) in [4.78, 5) is 25.8. The van der Waals surface area contributed by atoms with E-state index >= 15 is 0 Å². The molecule has 0 spiro atoms. The molecular weight excluding hydrogens is 766 g/mol. The second-order valence-electron chi connectivity index (χ2n) is 13.8. The molecule has 16 heteroatoms. The lowest BCUT2D eigenvalue weighted by Gasteiger charge is -2.18. The number of carboxylic acid groups (broad SMARTS) is 2. The van der Waals surface area contributed by atoms with Gasteiger partial charge < -0.3 is 40.5 Å². The molecular formula is C42H46ClN7O8. The number of nitrogens with one attached hydrogen (secondary N) is 2. The molecule has 0 fully saturated rings. The Morgan fingerprint density at radius 1 is 0.862 bits per heavy atom. The van der Waals surface area contributed by atoms with Crippen molar-refractivity contribution in [2.45, 2.75) is 71.6 Å². The van der Waals surface area contributed by atoms with E-state index in [1.807, 2.05) is 37.4 Å². The SMILES string of the molecule is Cc1c(COc2cc(OCc3cncc(C#N)c3)c(CNC[C@@H](O)CC(=O)O)cc2Cl)cccc1-c1cccc(-c2cn(CCCNC[C@@H](O)CC(=O)O)nn2)c1C. The average molecular weight is 812 g/mol. The van der Waals surface area contributed by atoms with Gasteiger partial charge >= 0.3 is 11.9 Å². The van der Waals surface area contributed by atoms with Crippen LogP contribution in [0.4, 0.5) is 0 Å². The quantitative estimate of drug-likeness (QED) is 0.0504. The Kier molecular flexibility index (Phi) is 15.7. The van der Waals surface area contributed by atoms with Crippen LogP contribution in [0.2, 0.25) is 5.02 Å². The number of pyridine rings is 1. The maximum Gasteiger partial charge on any atom is 0.306 e. The number of aliphatic hydroxyl groups is 2. The maximum atomic E-state index is 11.0. The highest BCUT2D eigenvalue weighted by Gasteiger charge is 2.17. The largest absolute Gasteiger partial charge is 0.488 e. The van der Waals surface area contributed by atoms with Crippen molar-refractivity contribution in [1.82, 2.24) is 30.6 Å². The summed E-state index contributed by atoms with van der Waals surface area (Å²) >= 11 is 6.74. The number of nitrogens with zero attached hydrogens (tertiary/aromatic N) is 5. The number of hydrogen-bond acceptors (Lipinski definition) is 12. The molecule has 0 saturated heterocycles. The molecule has 0 aliphatic carbocycles. The summed E-state index contributed by atoms with van der Waals surface area (Å²) < 4.78 is 14.3. The summed E-state index contributed by atoms with van der Waals surface area (Å²) in [6.45, 7) is 6.05. The van der Waals surface area contributed by atoms with Crippen LogP contribution in [0.3, 0.4) is 0 Å². The normalized spacial score (nSPS) is 12.1. The first-order chi connectivity index (χ1) is 27.9. The minimum atomic E-state index is -1.10. The number of aryl methyl sites for hydroxylation is 1. The van der Waals surface area contributed by atoms with Crippen molar-refractivity contribution in [1.29, 1.82) is 5.26 Å². The molecule has 304 valence electrons. The number of hydrogen-bond donors (Lipinski definition) is 6. The van der Waals surface area contributed by atoms with E-state index in [4.69, 9.17) is 31.3 Å². The van der Waals surface area contributed by atoms with E-state index in [0.29, 0.717) is 52.7 Å². The number of aliphatic carboxylic acids is 2. The molecule has 2 heterocycles. The van der Waals surface area contributed by atoms with Crippen LogP contribution in [-0.4, -0.2) is 84.2 Å². The number of nitriles is 1. The summed E-state index contributed by atoms with van der Waals surface area (Å²) in [5, 5.41) is 62.0. The maximum absolute atomic E-state index is 11.0. The first-order valence-corrected chi connectivity index (χ1v) is 19.0. The van der Waals surface area contributed by atoms with Crippen LogP contribution in [0.1, 0.15) is 52.6 Å². The number of rotatable bonds is 22. The van der Waals surface area contributed by atoms with Crippen molar-refractivity contribution in [3.63, 3.8) is 0 Å². The lowest BCUT2D eigenvalue weighted by atomic mass is 9.91. The molecule has 58 heavy (non-hydrogen) atoms. The lowest BCUT2D eigenvalue weighted by molar-refractivity contribution is -0.140. The Bertz CT molecular complexity index is 2240. The molecule has 0 radical (unpaired) electrons. The minimum absolute atomic E-state index is 0.0404. The summed E-state index contributed by atoms with van der Waals surface area (Å²) in [5.41, 5.74) is 8.46. The van der Waals surface area contributed by atoms with Crippen molar-refractivity contribution in [2.75, 3.05) is 19.6 Å². The predicted molar refractivity (Wildman–Crippen MR) is 215 cm³/mol. The average Bonchev–Trinajstić information content (AvgIpc) is 3.66. The molecule has 5 aromatic rings. The molecule has 0 aliphatic rings. The van der Waals surface area contributed by atoms with E-state index in [2.05, 4.69) is 51.1 Å². The van der Waals surface area contributed by atoms with Gasteiger partial charge in [0.15, 0.2) is 0 Å². The van der Waals surface area contributed by atoms with E-state index in [1.165, 1.54) is 6.20 Å². The van der Waals surface area contributed by atoms with E-state index in [-0.39, 0.29) is 39.3 Å². The van der Waals surface area contributed by atoms with Gasteiger partial charge in [0.05, 0.1) is 41.8 Å². The van der Waals surface area contributed by atoms with E-state index in [9.17, 15) is 25.1 Å². The van der Waals surface area contributed by atoms with E-state index < -0.39 is 30.6 Å². The molecule has 3 aromatic carbocycles. The summed E-state index contributed by atoms with van der Waals surface area (Å²) in [5.74, 6) is -1.31. The third-order valence-corrected chi connectivity index (χ3v) is 9.63. The van der Waals surface area contributed by atoms with E-state index in [0.717, 1.165) is 39.1 Å². The number of aliphatic hydroxyl groups excluding tert-OH is 2. The Hall–Kier alpha value is -5.89. The van der Waals surface area contributed by atoms with Crippen LogP contribution in [0.15, 0.2) is 73.2 Å². The molecule has 0 amide bonds. The van der Waals surface area contributed by atoms with Crippen molar-refractivity contribution in [3.05, 3.63) is 112 Å². The zero-order valence-electron chi connectivity index (χ0n) is 32.2. The van der Waals surface area contributed by atoms with Gasteiger partial charge in [-0.2, -0.15) is 5.26 Å². The standard InChI is InChI=1S/C42H46ClN7O8/c1-26-30(6-3-7-34(26)35-8-4-9-36(27(35)2)38-23-50(49-48-38)11-5-10-45-21-32(51)14-41(53)54)25-58-40-16-39(57-24-29-12-28(17-44)18-46-19-29)31(13-37(40)43)20-47-22-33(52)15-42(55)56/h3-4,6-9,12-13,16,18-19,23,32-33,45,47,51-52H,5,10-11,14-15,20-22,24-25H2,1-2H3,(H,53,54)(H,55,56)/t32-,33-/m0/s1. The van der Waals surface area contributed by atoms with Crippen LogP contribution in [0.25, 0.3) is 22.4 Å². The molecule has 6 N–H and O–H groups in total. The van der Waals surface area contributed by atoms with Crippen molar-refractivity contribution >= 4 is 23.5 Å². The van der Waals surface area contributed by atoms with Gasteiger partial charge in [-0.05, 0) is 66.8 Å². The fourth-order valence-electron chi connectivity index (χ4n) is 6.33. The van der Waals surface area contributed by atoms with E-state index in [1.54, 1.807) is 29.1 Å². The van der Waals surface area contributed by atoms with Crippen molar-refractivity contribution in [3.8, 4) is 40.0 Å². The van der Waals surface area contributed by atoms with Gasteiger partial charge in [-0.15, -0.1) is 5.10 Å². The third-order valence-electron chi connectivity index (χ3n) is 9.34. The van der Waals surface area contributed by atoms with Gasteiger partial charge in [-0.1, -0.05) is 53.2 Å². The first-order valence-electron chi connectivity index (χ1n) is 18.6. The first kappa shape index (κ1) is 43.2. The zero-order chi connectivity index (χ0) is 41.6. The molecule has 0 saturated carbocycles. The van der Waals surface area contributed by atoms with Crippen molar-refractivity contribution < 1.29 is 39.5 Å². The molecule has 15 nitrogen and oxygen atoms in total. The topological polar surface area (TPSA) is 225 Å². The van der Waals surface area contributed by atoms with Crippen LogP contribution >= 0.6 is 11.6 Å². The fraction of sp³-hybridized carbons (Fsp3) is 0.333. The van der Waals surface area contributed by atoms with Crippen LogP contribution in [-0.2, 0) is 35.9 Å². The molecule has 0 bridgehead atoms. The van der Waals surface area contributed by atoms with Crippen LogP contribution in [0.5, 0.6) is 11.5 Å². The van der Waals surface area contributed by atoms with Crippen molar-refractivity contribution in [2.24, 2.45) is 0 Å². The third kappa shape index (κ3) is 12.3. The molecule has 0 aliphatic heterocycles. The molecule has 0 unspecified atom stereocenters. The van der Waals surface area contributed by atoms with Gasteiger partial charge in [0.2, 0.25) is 0 Å². The van der Waals surface area contributed by atoms with Gasteiger partial charge in [-0.3, -0.25) is 19.3 Å². The molecule has 5 rings (SSSR count). The van der Waals surface area contributed by atoms with Gasteiger partial charge in [0.25, 0.3) is 0 Å². The summed E-state index contributed by atoms with van der Waals surface area (Å²) in [6, 6.07) is 19.2. The molecule has 2 aromatic heterocycles. The smallest absolute Gasteiger partial charge is 0.306 e. The van der Waals surface area contributed by atoms with Crippen LogP contribution < -0.4 is 20.1 Å². The Morgan fingerprint density at radius 3 is 2.26 bits per heavy atom. The summed E-state index contributed by atoms with van der Waals surface area (Å²) in [7, 11) is 0. The lowest BCUT2D eigenvalue weighted by Crippen LogP contribution is -2.29. The number of benzene rings is 3. The minimum Gasteiger partial charge on any atom is -0.488 e. The second kappa shape index (κ2) is 21.0. The Morgan fingerprint density at radius 2 is 1.53 bits per heavy atom. The highest BCUT2D eigenvalue weighted by Crippen LogP contribution is 2.36. The van der Waals surface area contributed by atoms with Gasteiger partial charge in [0, 0.05) is 61.3 Å². The Labute approximate surface area is 340 Å². The monoisotopic (exact) mass is 811 g/mol. The number of aromatic nitrogens is 4. The number of carboxylic acids is 2. The van der Waals surface area contributed by atoms with Crippen LogP contribution in [0, 0.1) is 25.2 Å². The number of ether oxygens (including phenoxy) is 2. The second-order valence-corrected chi connectivity index (χ2v) is 14.2.